The number of amides is 1. The number of piperidine rings is 1. The Bertz CT molecular complexity index is 1090. The normalized spacial score (nSPS) is 18.4. The summed E-state index contributed by atoms with van der Waals surface area (Å²) in [7, 11) is 2.99. The molecule has 0 bridgehead atoms. The van der Waals surface area contributed by atoms with Crippen molar-refractivity contribution < 1.29 is 22.7 Å². The highest BCUT2D eigenvalue weighted by Crippen LogP contribution is 2.32. The summed E-state index contributed by atoms with van der Waals surface area (Å²) in [5, 5.41) is 11.6. The van der Waals surface area contributed by atoms with Gasteiger partial charge in [-0.25, -0.2) is 9.97 Å². The van der Waals surface area contributed by atoms with Crippen molar-refractivity contribution in [1.29, 1.82) is 5.41 Å². The van der Waals surface area contributed by atoms with E-state index < -0.39 is 18.0 Å². The molecule has 7 nitrogen and oxygen atoms in total. The number of carbonyl (C=O) groups excluding carboxylic acids is 1. The molecule has 1 atom stereocenters. The SMILES string of the molecule is CN/C(=C1/CCN(C(=O)c2cccc(OC)c2Cl)[C@@H](C)C1=N)c1ccnc(C(F)(F)F)n1. The third-order valence-corrected chi connectivity index (χ3v) is 5.59. The second kappa shape index (κ2) is 9.15. The molecule has 2 aromatic rings. The van der Waals surface area contributed by atoms with E-state index in [1.54, 1.807) is 32.2 Å². The predicted octanol–water partition coefficient (Wildman–Crippen LogP) is 4.04. The fraction of sp³-hybridized carbons (Fsp3) is 0.333. The Balaban J connectivity index is 1.94. The number of likely N-dealkylation sites (tertiary alicyclic amines) is 1. The molecule has 3 rings (SSSR count). The number of benzene rings is 1. The number of alkyl halides is 3. The molecule has 0 unspecified atom stereocenters. The van der Waals surface area contributed by atoms with Crippen LogP contribution in [0.5, 0.6) is 5.75 Å². The third kappa shape index (κ3) is 4.40. The molecule has 170 valence electrons. The molecule has 1 aliphatic rings. The molecule has 0 aliphatic carbocycles. The van der Waals surface area contributed by atoms with Crippen LogP contribution in [0.1, 0.15) is 35.2 Å². The molecule has 11 heteroatoms. The Morgan fingerprint density at radius 1 is 1.34 bits per heavy atom. The highest BCUT2D eigenvalue weighted by atomic mass is 35.5. The molecule has 32 heavy (non-hydrogen) atoms. The first-order valence-electron chi connectivity index (χ1n) is 9.64. The van der Waals surface area contributed by atoms with E-state index in [4.69, 9.17) is 21.7 Å². The fourth-order valence-corrected chi connectivity index (χ4v) is 3.85. The van der Waals surface area contributed by atoms with Crippen LogP contribution >= 0.6 is 11.6 Å². The smallest absolute Gasteiger partial charge is 0.451 e. The Kier molecular flexibility index (Phi) is 6.73. The zero-order valence-electron chi connectivity index (χ0n) is 17.5. The van der Waals surface area contributed by atoms with Gasteiger partial charge in [0.15, 0.2) is 0 Å². The number of methoxy groups -OCH3 is 1. The van der Waals surface area contributed by atoms with Gasteiger partial charge >= 0.3 is 6.18 Å². The van der Waals surface area contributed by atoms with Gasteiger partial charge in [-0.1, -0.05) is 17.7 Å². The number of nitrogens with zero attached hydrogens (tertiary/aromatic N) is 3. The highest BCUT2D eigenvalue weighted by molar-refractivity contribution is 6.35. The molecule has 0 saturated carbocycles. The molecular weight excluding hydrogens is 447 g/mol. The molecule has 0 spiro atoms. The zero-order chi connectivity index (χ0) is 23.6. The number of aromatic nitrogens is 2. The monoisotopic (exact) mass is 467 g/mol. The van der Waals surface area contributed by atoms with Gasteiger partial charge in [-0.3, -0.25) is 4.79 Å². The van der Waals surface area contributed by atoms with E-state index in [9.17, 15) is 18.0 Å². The van der Waals surface area contributed by atoms with Crippen LogP contribution in [-0.4, -0.2) is 53.2 Å². The Labute approximate surface area is 187 Å². The van der Waals surface area contributed by atoms with Gasteiger partial charge in [0.1, 0.15) is 5.75 Å². The van der Waals surface area contributed by atoms with Crippen molar-refractivity contribution in [1.82, 2.24) is 20.2 Å². The van der Waals surface area contributed by atoms with Crippen LogP contribution in [0, 0.1) is 5.41 Å². The molecule has 1 aromatic heterocycles. The van der Waals surface area contributed by atoms with Crippen molar-refractivity contribution in [2.45, 2.75) is 25.6 Å². The van der Waals surface area contributed by atoms with E-state index in [0.29, 0.717) is 17.0 Å². The lowest BCUT2D eigenvalue weighted by atomic mass is 9.91. The Morgan fingerprint density at radius 2 is 2.06 bits per heavy atom. The molecule has 1 amide bonds. The maximum Gasteiger partial charge on any atom is 0.451 e. The maximum atomic E-state index is 13.1. The average Bonchev–Trinajstić information content (AvgIpc) is 2.76. The summed E-state index contributed by atoms with van der Waals surface area (Å²) in [6.07, 6.45) is -3.41. The van der Waals surface area contributed by atoms with Crippen LogP contribution in [0.4, 0.5) is 13.2 Å². The second-order valence-corrected chi connectivity index (χ2v) is 7.40. The van der Waals surface area contributed by atoms with E-state index in [1.165, 1.54) is 18.1 Å². The number of rotatable bonds is 4. The molecular formula is C21H21ClF3N5O2. The van der Waals surface area contributed by atoms with Crippen LogP contribution in [0.3, 0.4) is 0 Å². The van der Waals surface area contributed by atoms with Crippen molar-refractivity contribution in [3.05, 3.63) is 58.1 Å². The lowest BCUT2D eigenvalue weighted by Gasteiger charge is -2.36. The second-order valence-electron chi connectivity index (χ2n) is 7.03. The molecule has 1 saturated heterocycles. The lowest BCUT2D eigenvalue weighted by Crippen LogP contribution is -2.48. The van der Waals surface area contributed by atoms with Crippen molar-refractivity contribution in [2.75, 3.05) is 20.7 Å². The largest absolute Gasteiger partial charge is 0.495 e. The number of hydrogen-bond acceptors (Lipinski definition) is 6. The molecule has 2 heterocycles. The molecule has 0 radical (unpaired) electrons. The van der Waals surface area contributed by atoms with E-state index in [0.717, 1.165) is 6.20 Å². The van der Waals surface area contributed by atoms with E-state index >= 15 is 0 Å². The summed E-state index contributed by atoms with van der Waals surface area (Å²) < 4.78 is 44.3. The minimum absolute atomic E-state index is 0.0254. The van der Waals surface area contributed by atoms with Crippen LogP contribution in [0.25, 0.3) is 5.70 Å². The first kappa shape index (κ1) is 23.5. The summed E-state index contributed by atoms with van der Waals surface area (Å²) in [5.41, 5.74) is 1.14. The standard InChI is InChI=1S/C21H21ClF3N5O2/c1-11-17(26)13(18(27-2)14-7-9-28-20(29-14)21(23,24)25)8-10-30(11)19(31)12-5-4-6-15(32-3)16(12)22/h4-7,9,11,26-27H,8,10H2,1-3H3/b18-13-,26-17?/t11-/m0/s1. The van der Waals surface area contributed by atoms with Crippen LogP contribution in [-0.2, 0) is 6.18 Å². The number of carbonyl (C=O) groups is 1. The summed E-state index contributed by atoms with van der Waals surface area (Å²) in [6, 6.07) is 5.57. The average molecular weight is 468 g/mol. The quantitative estimate of drug-likeness (QED) is 0.708. The topological polar surface area (TPSA) is 91.2 Å². The minimum atomic E-state index is -4.69. The number of nitrogens with one attached hydrogen (secondary N) is 2. The van der Waals surface area contributed by atoms with Crippen molar-refractivity contribution in [3.8, 4) is 5.75 Å². The van der Waals surface area contributed by atoms with E-state index in [2.05, 4.69) is 15.3 Å². The molecule has 1 aliphatic heterocycles. The summed E-state index contributed by atoms with van der Waals surface area (Å²) >= 11 is 6.29. The number of hydrogen-bond donors (Lipinski definition) is 2. The van der Waals surface area contributed by atoms with Gasteiger partial charge in [-0.05, 0) is 31.5 Å². The Morgan fingerprint density at radius 3 is 2.69 bits per heavy atom. The molecule has 2 N–H and O–H groups in total. The van der Waals surface area contributed by atoms with Gasteiger partial charge in [-0.2, -0.15) is 13.2 Å². The fourth-order valence-electron chi connectivity index (χ4n) is 3.56. The summed E-state index contributed by atoms with van der Waals surface area (Å²) in [6.45, 7) is 1.93. The van der Waals surface area contributed by atoms with Gasteiger partial charge < -0.3 is 20.4 Å². The van der Waals surface area contributed by atoms with Gasteiger partial charge in [-0.15, -0.1) is 0 Å². The summed E-state index contributed by atoms with van der Waals surface area (Å²) in [4.78, 5) is 21.5. The van der Waals surface area contributed by atoms with Gasteiger partial charge in [0.2, 0.25) is 5.82 Å². The van der Waals surface area contributed by atoms with Crippen molar-refractivity contribution in [2.24, 2.45) is 0 Å². The van der Waals surface area contributed by atoms with E-state index in [-0.39, 0.29) is 40.9 Å². The minimum Gasteiger partial charge on any atom is -0.495 e. The van der Waals surface area contributed by atoms with Gasteiger partial charge in [0.05, 0.1) is 40.8 Å². The Hall–Kier alpha value is -3.14. The molecule has 1 aromatic carbocycles. The van der Waals surface area contributed by atoms with Crippen LogP contribution < -0.4 is 10.1 Å². The van der Waals surface area contributed by atoms with Crippen molar-refractivity contribution in [3.63, 3.8) is 0 Å². The zero-order valence-corrected chi connectivity index (χ0v) is 18.3. The number of halogens is 4. The van der Waals surface area contributed by atoms with Gasteiger partial charge in [0.25, 0.3) is 5.91 Å². The first-order valence-corrected chi connectivity index (χ1v) is 10.0. The van der Waals surface area contributed by atoms with Crippen LogP contribution in [0.15, 0.2) is 36.0 Å². The number of ether oxygens (including phenoxy) is 1. The highest BCUT2D eigenvalue weighted by Gasteiger charge is 2.36. The summed E-state index contributed by atoms with van der Waals surface area (Å²) in [5.74, 6) is -1.26. The lowest BCUT2D eigenvalue weighted by molar-refractivity contribution is -0.145. The van der Waals surface area contributed by atoms with E-state index in [1.807, 2.05) is 0 Å². The maximum absolute atomic E-state index is 13.1. The first-order chi connectivity index (χ1) is 15.1. The third-order valence-electron chi connectivity index (χ3n) is 5.20. The van der Waals surface area contributed by atoms with Crippen LogP contribution in [0.2, 0.25) is 5.02 Å². The van der Waals surface area contributed by atoms with Crippen molar-refractivity contribution >= 4 is 28.9 Å². The molecule has 1 fully saturated rings. The predicted molar refractivity (Wildman–Crippen MR) is 114 cm³/mol. The van der Waals surface area contributed by atoms with Gasteiger partial charge in [0, 0.05) is 25.4 Å².